The maximum absolute atomic E-state index is 4.33. The summed E-state index contributed by atoms with van der Waals surface area (Å²) >= 11 is 0. The van der Waals surface area contributed by atoms with Crippen molar-refractivity contribution in [2.24, 2.45) is 11.8 Å². The Bertz CT molecular complexity index is 277. The van der Waals surface area contributed by atoms with Gasteiger partial charge >= 0.3 is 0 Å². The van der Waals surface area contributed by atoms with E-state index >= 15 is 0 Å². The minimum absolute atomic E-state index is 0.815. The van der Waals surface area contributed by atoms with Crippen LogP contribution < -0.4 is 0 Å². The minimum atomic E-state index is 0.815. The van der Waals surface area contributed by atoms with E-state index in [1.165, 1.54) is 12.4 Å². The van der Waals surface area contributed by atoms with Crippen LogP contribution in [0.4, 0.5) is 0 Å². The molecule has 1 unspecified atom stereocenters. The summed E-state index contributed by atoms with van der Waals surface area (Å²) in [5, 5.41) is 0. The molecule has 1 fully saturated rings. The lowest BCUT2D eigenvalue weighted by Gasteiger charge is -1.99. The number of hydrogen-bond donors (Lipinski definition) is 0. The predicted molar refractivity (Wildman–Crippen MR) is 37.6 cm³/mol. The third-order valence-corrected chi connectivity index (χ3v) is 3.02. The topological polar surface area (TPSA) is 17.8 Å². The zero-order valence-electron chi connectivity index (χ0n) is 5.99. The fourth-order valence-corrected chi connectivity index (χ4v) is 2.25. The van der Waals surface area contributed by atoms with Gasteiger partial charge in [-0.25, -0.2) is 4.98 Å². The highest BCUT2D eigenvalue weighted by Gasteiger charge is 2.54. The van der Waals surface area contributed by atoms with Gasteiger partial charge in [-0.1, -0.05) is 6.92 Å². The van der Waals surface area contributed by atoms with Crippen molar-refractivity contribution in [1.82, 2.24) is 9.55 Å². The van der Waals surface area contributed by atoms with E-state index in [-0.39, 0.29) is 0 Å². The van der Waals surface area contributed by atoms with Crippen LogP contribution in [-0.4, -0.2) is 9.55 Å². The molecule has 1 aromatic rings. The van der Waals surface area contributed by atoms with Crippen LogP contribution in [0.3, 0.4) is 0 Å². The molecule has 0 bridgehead atoms. The standard InChI is InChI=1S/C8H10N2/c1-5-6-4-10-3-2-9-8(10)7(5)6/h2-3,5-7H,4H2,1H3/t5-,6?,7-/m1/s1. The number of imidazole rings is 1. The molecule has 52 valence electrons. The molecular formula is C8H10N2. The average Bonchev–Trinajstić information content (AvgIpc) is 2.27. The lowest BCUT2D eigenvalue weighted by Crippen LogP contribution is -1.98. The Morgan fingerprint density at radius 1 is 1.70 bits per heavy atom. The first-order valence-corrected chi connectivity index (χ1v) is 3.89. The maximum atomic E-state index is 4.33. The molecule has 10 heavy (non-hydrogen) atoms. The van der Waals surface area contributed by atoms with Crippen LogP contribution in [0, 0.1) is 11.8 Å². The minimum Gasteiger partial charge on any atom is -0.334 e. The highest BCUT2D eigenvalue weighted by molar-refractivity contribution is 5.21. The van der Waals surface area contributed by atoms with Gasteiger partial charge in [0.15, 0.2) is 0 Å². The third kappa shape index (κ3) is 0.376. The van der Waals surface area contributed by atoms with Gasteiger partial charge in [0.1, 0.15) is 5.82 Å². The van der Waals surface area contributed by atoms with E-state index in [1.54, 1.807) is 0 Å². The second-order valence-electron chi connectivity index (χ2n) is 3.49. The molecule has 2 nitrogen and oxygen atoms in total. The molecule has 2 aliphatic rings. The van der Waals surface area contributed by atoms with Gasteiger partial charge in [0.05, 0.1) is 0 Å². The monoisotopic (exact) mass is 134 g/mol. The van der Waals surface area contributed by atoms with Crippen molar-refractivity contribution >= 4 is 0 Å². The normalized spacial score (nSPS) is 41.1. The van der Waals surface area contributed by atoms with Gasteiger partial charge in [0.2, 0.25) is 0 Å². The van der Waals surface area contributed by atoms with Crippen LogP contribution in [0.1, 0.15) is 18.7 Å². The summed E-state index contributed by atoms with van der Waals surface area (Å²) in [5.41, 5.74) is 0. The first kappa shape index (κ1) is 4.94. The molecular weight excluding hydrogens is 124 g/mol. The summed E-state index contributed by atoms with van der Waals surface area (Å²) in [6.07, 6.45) is 4.00. The Morgan fingerprint density at radius 2 is 2.60 bits per heavy atom. The van der Waals surface area contributed by atoms with Gasteiger partial charge in [0.25, 0.3) is 0 Å². The van der Waals surface area contributed by atoms with E-state index in [2.05, 4.69) is 22.7 Å². The van der Waals surface area contributed by atoms with Gasteiger partial charge in [-0.3, -0.25) is 0 Å². The van der Waals surface area contributed by atoms with Gasteiger partial charge < -0.3 is 4.57 Å². The molecule has 0 radical (unpaired) electrons. The molecule has 1 aliphatic carbocycles. The molecule has 3 atom stereocenters. The molecule has 0 amide bonds. The fourth-order valence-electron chi connectivity index (χ4n) is 2.25. The lowest BCUT2D eigenvalue weighted by molar-refractivity contribution is 0.607. The van der Waals surface area contributed by atoms with Gasteiger partial charge in [-0.15, -0.1) is 0 Å². The van der Waals surface area contributed by atoms with E-state index in [4.69, 9.17) is 0 Å². The second-order valence-corrected chi connectivity index (χ2v) is 3.49. The fraction of sp³-hybridized carbons (Fsp3) is 0.625. The van der Waals surface area contributed by atoms with Gasteiger partial charge in [-0.05, 0) is 11.8 Å². The summed E-state index contributed by atoms with van der Waals surface area (Å²) in [6, 6.07) is 0. The summed E-state index contributed by atoms with van der Waals surface area (Å²) in [5.74, 6) is 3.99. The van der Waals surface area contributed by atoms with E-state index in [0.29, 0.717) is 0 Å². The molecule has 1 aromatic heterocycles. The Morgan fingerprint density at radius 3 is 3.50 bits per heavy atom. The number of hydrogen-bond acceptors (Lipinski definition) is 1. The van der Waals surface area contributed by atoms with Crippen molar-refractivity contribution < 1.29 is 0 Å². The predicted octanol–water partition coefficient (Wildman–Crippen LogP) is 1.25. The Hall–Kier alpha value is -0.790. The van der Waals surface area contributed by atoms with Crippen molar-refractivity contribution in [2.45, 2.75) is 19.4 Å². The third-order valence-electron chi connectivity index (χ3n) is 3.02. The molecule has 0 saturated heterocycles. The highest BCUT2D eigenvalue weighted by Crippen LogP contribution is 2.57. The molecule has 1 aliphatic heterocycles. The molecule has 0 spiro atoms. The molecule has 2 heterocycles. The second kappa shape index (κ2) is 1.29. The van der Waals surface area contributed by atoms with Crippen LogP contribution in [0.5, 0.6) is 0 Å². The Kier molecular flexibility index (Phi) is 0.636. The first-order chi connectivity index (χ1) is 4.88. The summed E-state index contributed by atoms with van der Waals surface area (Å²) in [7, 11) is 0. The van der Waals surface area contributed by atoms with E-state index in [9.17, 15) is 0 Å². The zero-order valence-corrected chi connectivity index (χ0v) is 5.99. The van der Waals surface area contributed by atoms with Crippen LogP contribution >= 0.6 is 0 Å². The smallest absolute Gasteiger partial charge is 0.112 e. The number of nitrogens with zero attached hydrogens (tertiary/aromatic N) is 2. The van der Waals surface area contributed by atoms with Gasteiger partial charge in [0, 0.05) is 24.9 Å². The SMILES string of the molecule is C[C@@H]1C2Cn3ccnc3[C@@H]21. The quantitative estimate of drug-likeness (QED) is 0.522. The highest BCUT2D eigenvalue weighted by atomic mass is 15.1. The maximum Gasteiger partial charge on any atom is 0.112 e. The van der Waals surface area contributed by atoms with Crippen LogP contribution in [0.2, 0.25) is 0 Å². The number of rotatable bonds is 0. The number of fused-ring (bicyclic) bond motifs is 3. The molecule has 1 saturated carbocycles. The van der Waals surface area contributed by atoms with Crippen molar-refractivity contribution in [2.75, 3.05) is 0 Å². The Balaban J connectivity index is 2.14. The lowest BCUT2D eigenvalue weighted by atomic mass is 10.3. The Labute approximate surface area is 59.9 Å². The van der Waals surface area contributed by atoms with Crippen LogP contribution in [0.25, 0.3) is 0 Å². The van der Waals surface area contributed by atoms with Gasteiger partial charge in [-0.2, -0.15) is 0 Å². The summed E-state index contributed by atoms with van der Waals surface area (Å²) < 4.78 is 2.29. The average molecular weight is 134 g/mol. The molecule has 2 heteroatoms. The summed E-state index contributed by atoms with van der Waals surface area (Å²) in [6.45, 7) is 3.55. The molecule has 0 N–H and O–H groups in total. The van der Waals surface area contributed by atoms with E-state index in [1.807, 2.05) is 6.20 Å². The number of aromatic nitrogens is 2. The molecule has 0 aromatic carbocycles. The summed E-state index contributed by atoms with van der Waals surface area (Å²) in [4.78, 5) is 4.33. The van der Waals surface area contributed by atoms with Crippen molar-refractivity contribution in [1.29, 1.82) is 0 Å². The zero-order chi connectivity index (χ0) is 6.72. The first-order valence-electron chi connectivity index (χ1n) is 3.89. The van der Waals surface area contributed by atoms with Crippen LogP contribution in [0.15, 0.2) is 12.4 Å². The van der Waals surface area contributed by atoms with E-state index < -0.39 is 0 Å². The van der Waals surface area contributed by atoms with Crippen molar-refractivity contribution in [3.8, 4) is 0 Å². The van der Waals surface area contributed by atoms with Crippen molar-refractivity contribution in [3.63, 3.8) is 0 Å². The van der Waals surface area contributed by atoms with E-state index in [0.717, 1.165) is 17.8 Å². The largest absolute Gasteiger partial charge is 0.334 e. The molecule has 3 rings (SSSR count). The van der Waals surface area contributed by atoms with Crippen LogP contribution in [-0.2, 0) is 6.54 Å². The van der Waals surface area contributed by atoms with Crippen molar-refractivity contribution in [3.05, 3.63) is 18.2 Å².